The number of carbonyl (C=O) groups excluding carboxylic acids is 1. The van der Waals surface area contributed by atoms with Gasteiger partial charge in [0, 0.05) is 17.5 Å². The summed E-state index contributed by atoms with van der Waals surface area (Å²) in [4.78, 5) is 28.0. The lowest BCUT2D eigenvalue weighted by atomic mass is 10.1. The minimum absolute atomic E-state index is 0.0934. The summed E-state index contributed by atoms with van der Waals surface area (Å²) >= 11 is 1.33. The van der Waals surface area contributed by atoms with Crippen LogP contribution in [0.15, 0.2) is 30.5 Å². The predicted molar refractivity (Wildman–Crippen MR) is 94.3 cm³/mol. The summed E-state index contributed by atoms with van der Waals surface area (Å²) in [5.74, 6) is -1.59. The van der Waals surface area contributed by atoms with Gasteiger partial charge in [0.2, 0.25) is 5.91 Å². The van der Waals surface area contributed by atoms with E-state index in [0.717, 1.165) is 10.4 Å². The van der Waals surface area contributed by atoms with E-state index in [-0.39, 0.29) is 18.3 Å². The number of carboxylic acids is 1. The van der Waals surface area contributed by atoms with Crippen LogP contribution in [0.5, 0.6) is 0 Å². The lowest BCUT2D eigenvalue weighted by Crippen LogP contribution is -2.41. The third-order valence-electron chi connectivity index (χ3n) is 3.48. The van der Waals surface area contributed by atoms with E-state index in [1.165, 1.54) is 23.5 Å². The number of amides is 1. The number of rotatable bonds is 9. The fourth-order valence-corrected chi connectivity index (χ4v) is 3.09. The van der Waals surface area contributed by atoms with Gasteiger partial charge < -0.3 is 10.4 Å². The van der Waals surface area contributed by atoms with Crippen molar-refractivity contribution in [3.05, 3.63) is 46.7 Å². The molecule has 2 aromatic rings. The Hall–Kier alpha value is -2.32. The SMILES string of the molecule is CCCC(NCC(=O)Nc1ncc(Cc2ccc(F)cc2)s1)C(=O)O. The molecule has 0 radical (unpaired) electrons. The molecule has 3 N–H and O–H groups in total. The largest absolute Gasteiger partial charge is 0.480 e. The molecule has 0 aliphatic carbocycles. The van der Waals surface area contributed by atoms with E-state index in [9.17, 15) is 14.0 Å². The highest BCUT2D eigenvalue weighted by atomic mass is 32.1. The van der Waals surface area contributed by atoms with Gasteiger partial charge >= 0.3 is 5.97 Å². The Bertz CT molecular complexity index is 718. The number of hydrogen-bond donors (Lipinski definition) is 3. The minimum atomic E-state index is -0.967. The molecule has 0 bridgehead atoms. The molecule has 8 heteroatoms. The number of nitrogens with one attached hydrogen (secondary N) is 2. The van der Waals surface area contributed by atoms with Crippen LogP contribution in [-0.4, -0.2) is 34.6 Å². The fourth-order valence-electron chi connectivity index (χ4n) is 2.23. The molecule has 1 aromatic carbocycles. The zero-order chi connectivity index (χ0) is 18.2. The van der Waals surface area contributed by atoms with Gasteiger partial charge in [-0.25, -0.2) is 9.37 Å². The van der Waals surface area contributed by atoms with Crippen molar-refractivity contribution >= 4 is 28.3 Å². The highest BCUT2D eigenvalue weighted by Gasteiger charge is 2.17. The number of halogens is 1. The first-order valence-electron chi connectivity index (χ1n) is 7.93. The van der Waals surface area contributed by atoms with Crippen molar-refractivity contribution in [3.8, 4) is 0 Å². The number of carbonyl (C=O) groups is 2. The van der Waals surface area contributed by atoms with Crippen LogP contribution in [-0.2, 0) is 16.0 Å². The Morgan fingerprint density at radius 2 is 2.04 bits per heavy atom. The van der Waals surface area contributed by atoms with E-state index < -0.39 is 12.0 Å². The summed E-state index contributed by atoms with van der Waals surface area (Å²) in [6, 6.07) is 5.48. The summed E-state index contributed by atoms with van der Waals surface area (Å²) in [5, 5.41) is 14.9. The van der Waals surface area contributed by atoms with Crippen molar-refractivity contribution < 1.29 is 19.1 Å². The summed E-state index contributed by atoms with van der Waals surface area (Å²) in [6.07, 6.45) is 3.43. The Labute approximate surface area is 149 Å². The van der Waals surface area contributed by atoms with Gasteiger partial charge in [-0.2, -0.15) is 0 Å². The second kappa shape index (κ2) is 9.24. The molecule has 1 unspecified atom stereocenters. The van der Waals surface area contributed by atoms with E-state index in [4.69, 9.17) is 5.11 Å². The number of hydrogen-bond acceptors (Lipinski definition) is 5. The molecule has 0 fully saturated rings. The van der Waals surface area contributed by atoms with Gasteiger partial charge in [-0.05, 0) is 24.1 Å². The first-order chi connectivity index (χ1) is 12.0. The maximum Gasteiger partial charge on any atom is 0.320 e. The van der Waals surface area contributed by atoms with Crippen molar-refractivity contribution in [2.24, 2.45) is 0 Å². The molecule has 134 valence electrons. The Balaban J connectivity index is 1.84. The quantitative estimate of drug-likeness (QED) is 0.635. The van der Waals surface area contributed by atoms with E-state index in [1.54, 1.807) is 18.3 Å². The molecule has 6 nitrogen and oxygen atoms in total. The molecule has 2 rings (SSSR count). The third kappa shape index (κ3) is 6.24. The van der Waals surface area contributed by atoms with Gasteiger partial charge in [-0.3, -0.25) is 14.9 Å². The Morgan fingerprint density at radius 3 is 2.68 bits per heavy atom. The smallest absolute Gasteiger partial charge is 0.320 e. The van der Waals surface area contributed by atoms with Crippen LogP contribution in [0.1, 0.15) is 30.2 Å². The van der Waals surface area contributed by atoms with Crippen LogP contribution in [0.4, 0.5) is 9.52 Å². The molecule has 1 heterocycles. The van der Waals surface area contributed by atoms with Crippen LogP contribution in [0.25, 0.3) is 0 Å². The molecule has 1 amide bonds. The molecule has 1 aromatic heterocycles. The van der Waals surface area contributed by atoms with Gasteiger partial charge in [0.05, 0.1) is 6.54 Å². The second-order valence-electron chi connectivity index (χ2n) is 5.54. The summed E-state index contributed by atoms with van der Waals surface area (Å²) in [7, 11) is 0. The molecule has 25 heavy (non-hydrogen) atoms. The average molecular weight is 365 g/mol. The highest BCUT2D eigenvalue weighted by Crippen LogP contribution is 2.21. The third-order valence-corrected chi connectivity index (χ3v) is 4.39. The van der Waals surface area contributed by atoms with Gasteiger partial charge in [0.1, 0.15) is 11.9 Å². The maximum absolute atomic E-state index is 12.9. The predicted octanol–water partition coefficient (Wildman–Crippen LogP) is 2.65. The molecule has 0 aliphatic rings. The van der Waals surface area contributed by atoms with E-state index in [0.29, 0.717) is 24.4 Å². The fraction of sp³-hybridized carbons (Fsp3) is 0.353. The molecular weight excluding hydrogens is 345 g/mol. The van der Waals surface area contributed by atoms with Crippen LogP contribution >= 0.6 is 11.3 Å². The number of benzene rings is 1. The normalized spacial score (nSPS) is 11.9. The lowest BCUT2D eigenvalue weighted by molar-refractivity contribution is -0.139. The standard InChI is InChI=1S/C17H20FN3O3S/c1-2-3-14(16(23)24)19-10-15(22)21-17-20-9-13(25-17)8-11-4-6-12(18)7-5-11/h4-7,9,14,19H,2-3,8,10H2,1H3,(H,23,24)(H,20,21,22). The van der Waals surface area contributed by atoms with Crippen molar-refractivity contribution in [3.63, 3.8) is 0 Å². The monoisotopic (exact) mass is 365 g/mol. The maximum atomic E-state index is 12.9. The topological polar surface area (TPSA) is 91.3 Å². The van der Waals surface area contributed by atoms with E-state index in [1.807, 2.05) is 6.92 Å². The van der Waals surface area contributed by atoms with Crippen LogP contribution < -0.4 is 10.6 Å². The van der Waals surface area contributed by atoms with Gasteiger partial charge in [0.15, 0.2) is 5.13 Å². The zero-order valence-electron chi connectivity index (χ0n) is 13.8. The Kier molecular flexibility index (Phi) is 7.03. The van der Waals surface area contributed by atoms with Crippen LogP contribution in [0, 0.1) is 5.82 Å². The lowest BCUT2D eigenvalue weighted by Gasteiger charge is -2.12. The summed E-state index contributed by atoms with van der Waals surface area (Å²) in [6.45, 7) is 1.79. The van der Waals surface area contributed by atoms with Gasteiger partial charge in [0.25, 0.3) is 0 Å². The molecule has 0 spiro atoms. The first-order valence-corrected chi connectivity index (χ1v) is 8.74. The molecule has 0 saturated heterocycles. The summed E-state index contributed by atoms with van der Waals surface area (Å²) < 4.78 is 12.9. The highest BCUT2D eigenvalue weighted by molar-refractivity contribution is 7.15. The number of aromatic nitrogens is 1. The Morgan fingerprint density at radius 1 is 1.32 bits per heavy atom. The number of nitrogens with zero attached hydrogens (tertiary/aromatic N) is 1. The van der Waals surface area contributed by atoms with E-state index in [2.05, 4.69) is 15.6 Å². The number of thiazole rings is 1. The van der Waals surface area contributed by atoms with Crippen molar-refractivity contribution in [2.45, 2.75) is 32.2 Å². The van der Waals surface area contributed by atoms with Crippen LogP contribution in [0.3, 0.4) is 0 Å². The molecule has 0 aliphatic heterocycles. The number of carboxylic acid groups (broad SMARTS) is 1. The minimum Gasteiger partial charge on any atom is -0.480 e. The average Bonchev–Trinajstić information content (AvgIpc) is 3.00. The molecular formula is C17H20FN3O3S. The van der Waals surface area contributed by atoms with Crippen molar-refractivity contribution in [1.29, 1.82) is 0 Å². The van der Waals surface area contributed by atoms with Gasteiger partial charge in [-0.15, -0.1) is 11.3 Å². The molecule has 0 saturated carbocycles. The van der Waals surface area contributed by atoms with Crippen molar-refractivity contribution in [2.75, 3.05) is 11.9 Å². The zero-order valence-corrected chi connectivity index (χ0v) is 14.6. The first kappa shape index (κ1) is 19.0. The van der Waals surface area contributed by atoms with Crippen molar-refractivity contribution in [1.82, 2.24) is 10.3 Å². The second-order valence-corrected chi connectivity index (χ2v) is 6.66. The summed E-state index contributed by atoms with van der Waals surface area (Å²) in [5.41, 5.74) is 0.952. The number of anilines is 1. The van der Waals surface area contributed by atoms with Gasteiger partial charge in [-0.1, -0.05) is 25.5 Å². The van der Waals surface area contributed by atoms with E-state index >= 15 is 0 Å². The van der Waals surface area contributed by atoms with Crippen LogP contribution in [0.2, 0.25) is 0 Å². The number of aliphatic carboxylic acids is 1. The molecule has 1 atom stereocenters.